The van der Waals surface area contributed by atoms with E-state index in [0.717, 1.165) is 5.56 Å². The highest BCUT2D eigenvalue weighted by Gasteiger charge is 2.30. The molecule has 4 unspecified atom stereocenters. The van der Waals surface area contributed by atoms with Gasteiger partial charge >= 0.3 is 5.97 Å². The Kier molecular flexibility index (Phi) is 11.6. The maximum Gasteiger partial charge on any atom is 0.326 e. The topological polar surface area (TPSA) is 214 Å². The molecule has 0 bridgehead atoms. The molecule has 2 aromatic carbocycles. The van der Waals surface area contributed by atoms with Crippen molar-refractivity contribution in [2.24, 2.45) is 11.5 Å². The van der Waals surface area contributed by atoms with Crippen LogP contribution in [0.1, 0.15) is 17.5 Å². The lowest BCUT2D eigenvalue weighted by Crippen LogP contribution is -2.58. The van der Waals surface area contributed by atoms with Gasteiger partial charge in [0.25, 0.3) is 0 Å². The van der Waals surface area contributed by atoms with Gasteiger partial charge in [0.15, 0.2) is 0 Å². The summed E-state index contributed by atoms with van der Waals surface area (Å²) < 4.78 is 0. The largest absolute Gasteiger partial charge is 0.508 e. The number of benzene rings is 2. The molecule has 0 radical (unpaired) electrons. The molecule has 0 aliphatic rings. The summed E-state index contributed by atoms with van der Waals surface area (Å²) in [6.07, 6.45) is -0.422. The standard InChI is InChI=1S/C25H31N5O7S/c26-17(10-15-6-8-16(31)9-7-15)22(33)28-18(11-14-4-2-1-3-5-14)23(34)30-20(13-38)24(35)29-19(25(36)37)12-21(27)32/h1-9,17-20,31,38H,10-13,26H2,(H2,27,32)(H,28,33)(H,29,35)(H,30,34)(H,36,37). The van der Waals surface area contributed by atoms with E-state index in [2.05, 4.69) is 28.6 Å². The van der Waals surface area contributed by atoms with Crippen molar-refractivity contribution in [1.82, 2.24) is 16.0 Å². The maximum atomic E-state index is 13.2. The molecule has 0 heterocycles. The first-order chi connectivity index (χ1) is 18.0. The van der Waals surface area contributed by atoms with Gasteiger partial charge in [-0.2, -0.15) is 12.6 Å². The van der Waals surface area contributed by atoms with Crippen molar-refractivity contribution in [2.75, 3.05) is 5.75 Å². The molecule has 0 saturated heterocycles. The Morgan fingerprint density at radius 1 is 0.763 bits per heavy atom. The smallest absolute Gasteiger partial charge is 0.326 e. The first-order valence-electron chi connectivity index (χ1n) is 11.6. The molecule has 0 aliphatic carbocycles. The highest BCUT2D eigenvalue weighted by atomic mass is 32.1. The minimum atomic E-state index is -1.59. The monoisotopic (exact) mass is 545 g/mol. The van der Waals surface area contributed by atoms with Gasteiger partial charge in [-0.25, -0.2) is 4.79 Å². The second kappa shape index (κ2) is 14.6. The van der Waals surface area contributed by atoms with E-state index >= 15 is 0 Å². The van der Waals surface area contributed by atoms with Crippen LogP contribution in [0.5, 0.6) is 5.75 Å². The molecule has 2 rings (SSSR count). The highest BCUT2D eigenvalue weighted by Crippen LogP contribution is 2.11. The van der Waals surface area contributed by atoms with Crippen LogP contribution in [0.2, 0.25) is 0 Å². The number of nitrogens with one attached hydrogen (secondary N) is 3. The normalized spacial score (nSPS) is 13.8. The van der Waals surface area contributed by atoms with Crippen molar-refractivity contribution in [3.05, 3.63) is 65.7 Å². The number of phenols is 1. The zero-order valence-electron chi connectivity index (χ0n) is 20.4. The second-order valence-electron chi connectivity index (χ2n) is 8.54. The Bertz CT molecular complexity index is 1130. The molecule has 204 valence electrons. The minimum Gasteiger partial charge on any atom is -0.508 e. The van der Waals surface area contributed by atoms with E-state index in [9.17, 15) is 34.2 Å². The minimum absolute atomic E-state index is 0.0680. The molecule has 4 atom stereocenters. The Morgan fingerprint density at radius 3 is 1.84 bits per heavy atom. The van der Waals surface area contributed by atoms with Gasteiger partial charge in [-0.15, -0.1) is 0 Å². The number of aromatic hydroxyl groups is 1. The molecular formula is C25H31N5O7S. The third-order valence-electron chi connectivity index (χ3n) is 5.48. The fraction of sp³-hybridized carbons (Fsp3) is 0.320. The average Bonchev–Trinajstić information content (AvgIpc) is 2.87. The van der Waals surface area contributed by atoms with Gasteiger partial charge in [0.2, 0.25) is 23.6 Å². The lowest BCUT2D eigenvalue weighted by atomic mass is 10.0. The number of thiol groups is 1. The van der Waals surface area contributed by atoms with E-state index in [1.54, 1.807) is 42.5 Å². The van der Waals surface area contributed by atoms with E-state index in [1.165, 1.54) is 12.1 Å². The predicted octanol–water partition coefficient (Wildman–Crippen LogP) is -1.15. The molecule has 4 amide bonds. The van der Waals surface area contributed by atoms with Crippen molar-refractivity contribution < 1.29 is 34.2 Å². The molecule has 13 heteroatoms. The van der Waals surface area contributed by atoms with Gasteiger partial charge in [0.1, 0.15) is 23.9 Å². The third-order valence-corrected chi connectivity index (χ3v) is 5.84. The summed E-state index contributed by atoms with van der Waals surface area (Å²) in [5, 5.41) is 25.9. The van der Waals surface area contributed by atoms with Crippen molar-refractivity contribution >= 4 is 42.2 Å². The molecule has 0 fully saturated rings. The summed E-state index contributed by atoms with van der Waals surface area (Å²) in [4.78, 5) is 61.1. The first kappa shape index (κ1) is 30.1. The molecule has 38 heavy (non-hydrogen) atoms. The summed E-state index contributed by atoms with van der Waals surface area (Å²) in [6, 6.07) is 9.99. The molecule has 2 aromatic rings. The lowest BCUT2D eigenvalue weighted by Gasteiger charge is -2.24. The number of primary amides is 1. The Balaban J connectivity index is 2.14. The number of carboxylic acids is 1. The zero-order valence-corrected chi connectivity index (χ0v) is 21.3. The molecule has 0 aliphatic heterocycles. The summed E-state index contributed by atoms with van der Waals surface area (Å²) in [5.41, 5.74) is 12.5. The van der Waals surface area contributed by atoms with Gasteiger partial charge in [0, 0.05) is 12.2 Å². The number of amides is 4. The fourth-order valence-electron chi connectivity index (χ4n) is 3.46. The summed E-state index contributed by atoms with van der Waals surface area (Å²) in [7, 11) is 0. The zero-order chi connectivity index (χ0) is 28.2. The van der Waals surface area contributed by atoms with Crippen molar-refractivity contribution in [3.63, 3.8) is 0 Å². The highest BCUT2D eigenvalue weighted by molar-refractivity contribution is 7.80. The van der Waals surface area contributed by atoms with Crippen molar-refractivity contribution in [2.45, 2.75) is 43.4 Å². The van der Waals surface area contributed by atoms with E-state index in [1.807, 2.05) is 0 Å². The SMILES string of the molecule is NC(=O)CC(NC(=O)C(CS)NC(=O)C(Cc1ccccc1)NC(=O)C(N)Cc1ccc(O)cc1)C(=O)O. The van der Waals surface area contributed by atoms with Crippen LogP contribution in [0.3, 0.4) is 0 Å². The van der Waals surface area contributed by atoms with Crippen LogP contribution in [0.4, 0.5) is 0 Å². The number of phenolic OH excluding ortho intramolecular Hbond substituents is 1. The van der Waals surface area contributed by atoms with E-state index in [-0.39, 0.29) is 24.3 Å². The van der Waals surface area contributed by atoms with Gasteiger partial charge in [0.05, 0.1) is 12.5 Å². The molecule has 0 spiro atoms. The second-order valence-corrected chi connectivity index (χ2v) is 8.91. The molecule has 0 aromatic heterocycles. The lowest BCUT2D eigenvalue weighted by molar-refractivity contribution is -0.143. The number of rotatable bonds is 14. The number of carbonyl (C=O) groups is 5. The Hall–Kier alpha value is -4.10. The van der Waals surface area contributed by atoms with Gasteiger partial charge in [-0.1, -0.05) is 42.5 Å². The molecule has 9 N–H and O–H groups in total. The number of aliphatic carboxylic acids is 1. The molecular weight excluding hydrogens is 514 g/mol. The predicted molar refractivity (Wildman–Crippen MR) is 141 cm³/mol. The van der Waals surface area contributed by atoms with Crippen LogP contribution in [0.25, 0.3) is 0 Å². The van der Waals surface area contributed by atoms with Crippen LogP contribution < -0.4 is 27.4 Å². The summed E-state index contributed by atoms with van der Waals surface area (Å²) in [6.45, 7) is 0. The number of carboxylic acid groups (broad SMARTS) is 1. The van der Waals surface area contributed by atoms with E-state index < -0.39 is 60.2 Å². The van der Waals surface area contributed by atoms with Crippen molar-refractivity contribution in [3.8, 4) is 5.75 Å². The van der Waals surface area contributed by atoms with Gasteiger partial charge in [-0.3, -0.25) is 19.2 Å². The number of hydrogen-bond donors (Lipinski definition) is 8. The van der Waals surface area contributed by atoms with Crippen LogP contribution in [-0.2, 0) is 36.8 Å². The van der Waals surface area contributed by atoms with Crippen LogP contribution in [0.15, 0.2) is 54.6 Å². The molecule has 0 saturated carbocycles. The van der Waals surface area contributed by atoms with E-state index in [0.29, 0.717) is 5.56 Å². The van der Waals surface area contributed by atoms with Crippen molar-refractivity contribution in [1.29, 1.82) is 0 Å². The van der Waals surface area contributed by atoms with Crippen LogP contribution in [0, 0.1) is 0 Å². The first-order valence-corrected chi connectivity index (χ1v) is 12.2. The Morgan fingerprint density at radius 2 is 1.29 bits per heavy atom. The maximum absolute atomic E-state index is 13.2. The van der Waals surface area contributed by atoms with Crippen LogP contribution in [-0.4, -0.2) is 69.7 Å². The number of nitrogens with two attached hydrogens (primary N) is 2. The summed E-state index contributed by atoms with van der Waals surface area (Å²) >= 11 is 4.07. The number of carbonyl (C=O) groups excluding carboxylic acids is 4. The quantitative estimate of drug-likeness (QED) is 0.135. The van der Waals surface area contributed by atoms with Gasteiger partial charge in [-0.05, 0) is 29.7 Å². The van der Waals surface area contributed by atoms with E-state index in [4.69, 9.17) is 11.5 Å². The molecule has 12 nitrogen and oxygen atoms in total. The average molecular weight is 546 g/mol. The Labute approximate surface area is 224 Å². The number of hydrogen-bond acceptors (Lipinski definition) is 8. The fourth-order valence-corrected chi connectivity index (χ4v) is 3.71. The summed E-state index contributed by atoms with van der Waals surface area (Å²) in [5.74, 6) is -4.78. The third kappa shape index (κ3) is 9.75. The van der Waals surface area contributed by atoms with Gasteiger partial charge < -0.3 is 37.6 Å². The van der Waals surface area contributed by atoms with Crippen LogP contribution >= 0.6 is 12.6 Å².